The van der Waals surface area contributed by atoms with Crippen LogP contribution in [0, 0.1) is 5.82 Å². The molecule has 0 fully saturated rings. The summed E-state index contributed by atoms with van der Waals surface area (Å²) in [7, 11) is 0. The van der Waals surface area contributed by atoms with Gasteiger partial charge in [-0.25, -0.2) is 4.39 Å². The zero-order valence-electron chi connectivity index (χ0n) is 18.8. The minimum atomic E-state index is -0.652. The van der Waals surface area contributed by atoms with E-state index in [9.17, 15) is 9.50 Å². The maximum atomic E-state index is 14.6. The van der Waals surface area contributed by atoms with Gasteiger partial charge in [-0.05, 0) is 43.5 Å². The predicted molar refractivity (Wildman–Crippen MR) is 121 cm³/mol. The first-order chi connectivity index (χ1) is 15.1. The third-order valence-electron chi connectivity index (χ3n) is 4.86. The van der Waals surface area contributed by atoms with Crippen LogP contribution in [-0.4, -0.2) is 42.6 Å². The fraction of sp³-hybridized carbons (Fsp3) is 0.560. The summed E-state index contributed by atoms with van der Waals surface area (Å²) in [6, 6.07) is 8.21. The van der Waals surface area contributed by atoms with E-state index in [1.54, 1.807) is 24.4 Å². The molecule has 6 heteroatoms. The van der Waals surface area contributed by atoms with Crippen molar-refractivity contribution in [2.75, 3.05) is 26.4 Å². The molecule has 1 heterocycles. The number of hydrogen-bond acceptors (Lipinski definition) is 5. The van der Waals surface area contributed by atoms with Gasteiger partial charge in [0.05, 0.1) is 24.6 Å². The monoisotopic (exact) mass is 433 g/mol. The Morgan fingerprint density at radius 2 is 1.71 bits per heavy atom. The van der Waals surface area contributed by atoms with E-state index in [0.717, 1.165) is 12.8 Å². The van der Waals surface area contributed by atoms with Crippen LogP contribution in [0.25, 0.3) is 11.3 Å². The maximum absolute atomic E-state index is 14.6. The maximum Gasteiger partial charge on any atom is 0.137 e. The first kappa shape index (κ1) is 25.1. The zero-order chi connectivity index (χ0) is 22.3. The van der Waals surface area contributed by atoms with E-state index in [1.807, 2.05) is 13.0 Å². The molecule has 1 aromatic carbocycles. The summed E-state index contributed by atoms with van der Waals surface area (Å²) in [6.45, 7) is 6.16. The minimum Gasteiger partial charge on any atom is -0.492 e. The molecule has 0 spiro atoms. The van der Waals surface area contributed by atoms with Gasteiger partial charge in [0.2, 0.25) is 0 Å². The van der Waals surface area contributed by atoms with E-state index in [-0.39, 0.29) is 6.61 Å². The third kappa shape index (κ3) is 9.66. The number of pyridine rings is 1. The summed E-state index contributed by atoms with van der Waals surface area (Å²) in [5.74, 6) is 0.643. The van der Waals surface area contributed by atoms with Crippen LogP contribution in [0.4, 0.5) is 4.39 Å². The fourth-order valence-electron chi connectivity index (χ4n) is 3.06. The highest BCUT2D eigenvalue weighted by Crippen LogP contribution is 2.26. The summed E-state index contributed by atoms with van der Waals surface area (Å²) >= 11 is 0. The molecule has 1 atom stereocenters. The van der Waals surface area contributed by atoms with E-state index in [2.05, 4.69) is 11.9 Å². The van der Waals surface area contributed by atoms with Crippen LogP contribution in [0.3, 0.4) is 0 Å². The Bertz CT molecular complexity index is 739. The molecule has 1 unspecified atom stereocenters. The molecule has 0 saturated carbocycles. The van der Waals surface area contributed by atoms with Gasteiger partial charge in [0.1, 0.15) is 23.9 Å². The van der Waals surface area contributed by atoms with E-state index in [0.29, 0.717) is 49.0 Å². The summed E-state index contributed by atoms with van der Waals surface area (Å²) in [4.78, 5) is 4.33. The minimum absolute atomic E-state index is 0.0942. The number of nitrogens with zero attached hydrogens (tertiary/aromatic N) is 1. The van der Waals surface area contributed by atoms with E-state index >= 15 is 0 Å². The molecule has 0 aliphatic rings. The molecule has 2 rings (SSSR count). The second kappa shape index (κ2) is 14.8. The molecule has 31 heavy (non-hydrogen) atoms. The average Bonchev–Trinajstić information content (AvgIpc) is 2.78. The van der Waals surface area contributed by atoms with Crippen LogP contribution in [0.2, 0.25) is 0 Å². The summed E-state index contributed by atoms with van der Waals surface area (Å²) < 4.78 is 31.1. The van der Waals surface area contributed by atoms with Crippen LogP contribution in [0.5, 0.6) is 11.5 Å². The highest BCUT2D eigenvalue weighted by Gasteiger charge is 2.10. The number of unbranched alkanes of at least 4 members (excludes halogenated alkanes) is 4. The van der Waals surface area contributed by atoms with Crippen LogP contribution >= 0.6 is 0 Å². The van der Waals surface area contributed by atoms with E-state index in [1.165, 1.54) is 31.7 Å². The first-order valence-electron chi connectivity index (χ1n) is 11.4. The SMILES string of the molecule is CCCCCCCOc1ccc(-c2ccc(OCC(O)CCOCCC)cc2F)nc1. The van der Waals surface area contributed by atoms with Crippen molar-refractivity contribution in [1.29, 1.82) is 0 Å². The lowest BCUT2D eigenvalue weighted by atomic mass is 10.1. The Morgan fingerprint density at radius 1 is 0.903 bits per heavy atom. The van der Waals surface area contributed by atoms with E-state index in [4.69, 9.17) is 14.2 Å². The summed E-state index contributed by atoms with van der Waals surface area (Å²) in [6.07, 6.45) is 8.33. The van der Waals surface area contributed by atoms with Gasteiger partial charge >= 0.3 is 0 Å². The lowest BCUT2D eigenvalue weighted by molar-refractivity contribution is 0.0553. The van der Waals surface area contributed by atoms with Crippen molar-refractivity contribution >= 4 is 0 Å². The number of aromatic nitrogens is 1. The van der Waals surface area contributed by atoms with Crippen LogP contribution in [0.15, 0.2) is 36.5 Å². The highest BCUT2D eigenvalue weighted by molar-refractivity contribution is 5.61. The summed E-state index contributed by atoms with van der Waals surface area (Å²) in [5.41, 5.74) is 0.930. The Kier molecular flexibility index (Phi) is 11.9. The largest absolute Gasteiger partial charge is 0.492 e. The fourth-order valence-corrected chi connectivity index (χ4v) is 3.06. The van der Waals surface area contributed by atoms with Crippen LogP contribution in [0.1, 0.15) is 58.8 Å². The Morgan fingerprint density at radius 3 is 2.42 bits per heavy atom. The molecule has 0 radical (unpaired) electrons. The van der Waals surface area contributed by atoms with Gasteiger partial charge in [0.15, 0.2) is 0 Å². The summed E-state index contributed by atoms with van der Waals surface area (Å²) in [5, 5.41) is 9.93. The molecular weight excluding hydrogens is 397 g/mol. The van der Waals surface area contributed by atoms with Gasteiger partial charge < -0.3 is 19.3 Å². The van der Waals surface area contributed by atoms with Crippen molar-refractivity contribution in [3.8, 4) is 22.8 Å². The Labute approximate surface area is 185 Å². The standard InChI is InChI=1S/C25H36FNO4/c1-3-5-6-7-8-15-30-22-10-12-25(27-18-22)23-11-9-21(17-24(23)26)31-19-20(28)13-16-29-14-4-2/h9-12,17-18,20,28H,3-8,13-16,19H2,1-2H3. The molecule has 172 valence electrons. The second-order valence-electron chi connectivity index (χ2n) is 7.65. The van der Waals surface area contributed by atoms with Crippen LogP contribution < -0.4 is 9.47 Å². The van der Waals surface area contributed by atoms with Crippen LogP contribution in [-0.2, 0) is 4.74 Å². The molecule has 2 aromatic rings. The van der Waals surface area contributed by atoms with Gasteiger partial charge in [-0.3, -0.25) is 4.98 Å². The average molecular weight is 434 g/mol. The molecule has 0 amide bonds. The number of rotatable bonds is 16. The van der Waals surface area contributed by atoms with Gasteiger partial charge in [-0.15, -0.1) is 0 Å². The third-order valence-corrected chi connectivity index (χ3v) is 4.86. The Hall–Kier alpha value is -2.18. The molecule has 0 aliphatic heterocycles. The first-order valence-corrected chi connectivity index (χ1v) is 11.4. The predicted octanol–water partition coefficient (Wildman–Crippen LogP) is 5.79. The smallest absolute Gasteiger partial charge is 0.137 e. The van der Waals surface area contributed by atoms with E-state index < -0.39 is 11.9 Å². The number of ether oxygens (including phenoxy) is 3. The Balaban J connectivity index is 1.80. The molecule has 0 saturated heterocycles. The molecule has 0 bridgehead atoms. The number of aliphatic hydroxyl groups is 1. The van der Waals surface area contributed by atoms with Gasteiger partial charge in [-0.1, -0.05) is 39.5 Å². The lowest BCUT2D eigenvalue weighted by Crippen LogP contribution is -2.19. The normalized spacial score (nSPS) is 12.0. The van der Waals surface area contributed by atoms with Crippen molar-refractivity contribution in [1.82, 2.24) is 4.98 Å². The van der Waals surface area contributed by atoms with Gasteiger partial charge in [0, 0.05) is 24.8 Å². The molecular formula is C25H36FNO4. The van der Waals surface area contributed by atoms with Crippen molar-refractivity contribution in [2.24, 2.45) is 0 Å². The van der Waals surface area contributed by atoms with Crippen molar-refractivity contribution < 1.29 is 23.7 Å². The van der Waals surface area contributed by atoms with Gasteiger partial charge in [-0.2, -0.15) is 0 Å². The molecule has 5 nitrogen and oxygen atoms in total. The lowest BCUT2D eigenvalue weighted by Gasteiger charge is -2.13. The number of hydrogen-bond donors (Lipinski definition) is 1. The molecule has 1 N–H and O–H groups in total. The topological polar surface area (TPSA) is 60.8 Å². The van der Waals surface area contributed by atoms with Gasteiger partial charge in [0.25, 0.3) is 0 Å². The molecule has 1 aromatic heterocycles. The van der Waals surface area contributed by atoms with Crippen molar-refractivity contribution in [3.05, 3.63) is 42.3 Å². The number of benzene rings is 1. The zero-order valence-corrected chi connectivity index (χ0v) is 18.8. The number of aliphatic hydroxyl groups excluding tert-OH is 1. The second-order valence-corrected chi connectivity index (χ2v) is 7.65. The quantitative estimate of drug-likeness (QED) is 0.339. The number of halogens is 1. The van der Waals surface area contributed by atoms with Crippen molar-refractivity contribution in [2.45, 2.75) is 64.9 Å². The highest BCUT2D eigenvalue weighted by atomic mass is 19.1. The molecule has 0 aliphatic carbocycles. The van der Waals surface area contributed by atoms with Crippen molar-refractivity contribution in [3.63, 3.8) is 0 Å².